The Labute approximate surface area is 132 Å². The van der Waals surface area contributed by atoms with Gasteiger partial charge >= 0.3 is 0 Å². The number of anilines is 1. The monoisotopic (exact) mass is 308 g/mol. The number of aromatic nitrogens is 5. The molecule has 0 atom stereocenters. The molecule has 1 amide bonds. The largest absolute Gasteiger partial charge is 0.364 e. The fourth-order valence-electron chi connectivity index (χ4n) is 3.07. The molecule has 0 radical (unpaired) electrons. The van der Waals surface area contributed by atoms with Crippen LogP contribution in [-0.4, -0.2) is 30.4 Å². The van der Waals surface area contributed by atoms with E-state index in [1.165, 1.54) is 0 Å². The maximum atomic E-state index is 12.6. The third-order valence-electron chi connectivity index (χ3n) is 4.12. The van der Waals surface area contributed by atoms with Crippen LogP contribution in [0.4, 0.5) is 5.95 Å². The Morgan fingerprint density at radius 2 is 2.04 bits per heavy atom. The van der Waals surface area contributed by atoms with Crippen LogP contribution < -0.4 is 5.32 Å². The fraction of sp³-hybridized carbons (Fsp3) is 0.250. The van der Waals surface area contributed by atoms with Crippen LogP contribution in [0, 0.1) is 0 Å². The number of hydrogen-bond acceptors (Lipinski definition) is 4. The van der Waals surface area contributed by atoms with Crippen molar-refractivity contribution < 1.29 is 4.79 Å². The van der Waals surface area contributed by atoms with Crippen LogP contribution in [0.3, 0.4) is 0 Å². The zero-order valence-electron chi connectivity index (χ0n) is 12.9. The van der Waals surface area contributed by atoms with E-state index < -0.39 is 0 Å². The van der Waals surface area contributed by atoms with Gasteiger partial charge in [-0.15, -0.1) is 0 Å². The lowest BCUT2D eigenvalue weighted by Gasteiger charge is -2.32. The summed E-state index contributed by atoms with van der Waals surface area (Å²) >= 11 is 0. The minimum atomic E-state index is -0.247. The van der Waals surface area contributed by atoms with Gasteiger partial charge in [0.15, 0.2) is 0 Å². The summed E-state index contributed by atoms with van der Waals surface area (Å²) < 4.78 is 2.11. The van der Waals surface area contributed by atoms with E-state index in [4.69, 9.17) is 0 Å². The second-order valence-corrected chi connectivity index (χ2v) is 6.19. The topological polar surface area (TPSA) is 88.5 Å². The Hall–Kier alpha value is -2.96. The molecule has 2 N–H and O–H groups in total. The predicted molar refractivity (Wildman–Crippen MR) is 85.0 cm³/mol. The molecule has 3 aromatic rings. The maximum absolute atomic E-state index is 12.6. The number of nitrogens with zero attached hydrogens (tertiary/aromatic N) is 4. The van der Waals surface area contributed by atoms with E-state index >= 15 is 0 Å². The van der Waals surface area contributed by atoms with Crippen molar-refractivity contribution in [1.29, 1.82) is 0 Å². The zero-order valence-corrected chi connectivity index (χ0v) is 12.9. The quantitative estimate of drug-likeness (QED) is 0.759. The molecule has 4 heterocycles. The van der Waals surface area contributed by atoms with Gasteiger partial charge in [0.25, 0.3) is 5.91 Å². The predicted octanol–water partition coefficient (Wildman–Crippen LogP) is 2.21. The molecule has 0 bridgehead atoms. The van der Waals surface area contributed by atoms with Crippen molar-refractivity contribution in [3.05, 3.63) is 48.3 Å². The molecule has 7 nitrogen and oxygen atoms in total. The molecule has 0 spiro atoms. The van der Waals surface area contributed by atoms with Gasteiger partial charge in [-0.1, -0.05) is 0 Å². The van der Waals surface area contributed by atoms with Gasteiger partial charge in [0.2, 0.25) is 5.95 Å². The van der Waals surface area contributed by atoms with Gasteiger partial charge in [0.1, 0.15) is 5.82 Å². The molecular weight excluding hydrogens is 292 g/mol. The van der Waals surface area contributed by atoms with Crippen LogP contribution >= 0.6 is 0 Å². The van der Waals surface area contributed by atoms with Crippen molar-refractivity contribution in [2.75, 3.05) is 5.32 Å². The average Bonchev–Trinajstić information content (AvgIpc) is 3.14. The molecule has 116 valence electrons. The molecule has 4 rings (SSSR count). The van der Waals surface area contributed by atoms with E-state index in [9.17, 15) is 4.79 Å². The Morgan fingerprint density at radius 3 is 2.83 bits per heavy atom. The van der Waals surface area contributed by atoms with E-state index in [0.717, 1.165) is 23.5 Å². The summed E-state index contributed by atoms with van der Waals surface area (Å²) in [7, 11) is 0. The number of imidazole rings is 1. The number of amides is 1. The normalized spacial score (nSPS) is 14.9. The summed E-state index contributed by atoms with van der Waals surface area (Å²) in [5.41, 5.74) is 2.34. The summed E-state index contributed by atoms with van der Waals surface area (Å²) in [6.45, 7) is 4.30. The molecule has 0 aromatic carbocycles. The second kappa shape index (κ2) is 4.77. The third-order valence-corrected chi connectivity index (χ3v) is 4.12. The minimum absolute atomic E-state index is 0.0834. The molecule has 3 aromatic heterocycles. The van der Waals surface area contributed by atoms with Crippen molar-refractivity contribution in [2.24, 2.45) is 0 Å². The number of hydrogen-bond donors (Lipinski definition) is 2. The highest BCUT2D eigenvalue weighted by Gasteiger charge is 2.34. The molecule has 0 unspecified atom stereocenters. The SMILES string of the molecule is CC1(C)Cc2[nH]cc(C(=O)Nc3ncccn3)c2-c2nccn21. The van der Waals surface area contributed by atoms with E-state index in [1.54, 1.807) is 30.9 Å². The number of carbonyl (C=O) groups excluding carboxylic acids is 1. The average molecular weight is 308 g/mol. The van der Waals surface area contributed by atoms with Crippen LogP contribution in [-0.2, 0) is 12.0 Å². The smallest absolute Gasteiger partial charge is 0.260 e. The van der Waals surface area contributed by atoms with Crippen LogP contribution in [0.5, 0.6) is 0 Å². The molecule has 7 heteroatoms. The van der Waals surface area contributed by atoms with Crippen molar-refractivity contribution >= 4 is 11.9 Å². The van der Waals surface area contributed by atoms with Gasteiger partial charge in [0.05, 0.1) is 11.1 Å². The highest BCUT2D eigenvalue weighted by atomic mass is 16.1. The molecule has 0 aliphatic carbocycles. The minimum Gasteiger partial charge on any atom is -0.364 e. The third kappa shape index (κ3) is 2.12. The lowest BCUT2D eigenvalue weighted by molar-refractivity contribution is 0.102. The molecule has 1 aliphatic heterocycles. The molecular formula is C16H16N6O. The first-order valence-corrected chi connectivity index (χ1v) is 7.39. The molecule has 0 fully saturated rings. The number of aromatic amines is 1. The number of nitrogens with one attached hydrogen (secondary N) is 2. The van der Waals surface area contributed by atoms with Crippen LogP contribution in [0.1, 0.15) is 29.9 Å². The summed E-state index contributed by atoms with van der Waals surface area (Å²) in [4.78, 5) is 28.3. The summed E-state index contributed by atoms with van der Waals surface area (Å²) in [5.74, 6) is 0.839. The van der Waals surface area contributed by atoms with Crippen LogP contribution in [0.25, 0.3) is 11.4 Å². The molecule has 0 saturated heterocycles. The Kier molecular flexibility index (Phi) is 2.84. The highest BCUT2D eigenvalue weighted by Crippen LogP contribution is 2.38. The molecule has 0 saturated carbocycles. The van der Waals surface area contributed by atoms with E-state index in [0.29, 0.717) is 5.56 Å². The lowest BCUT2D eigenvalue weighted by Crippen LogP contribution is -2.33. The van der Waals surface area contributed by atoms with Crippen molar-refractivity contribution in [3.8, 4) is 11.4 Å². The highest BCUT2D eigenvalue weighted by molar-refractivity contribution is 6.08. The summed E-state index contributed by atoms with van der Waals surface area (Å²) in [6.07, 6.45) is 9.42. The zero-order chi connectivity index (χ0) is 16.0. The number of fused-ring (bicyclic) bond motifs is 3. The van der Waals surface area contributed by atoms with Crippen molar-refractivity contribution in [2.45, 2.75) is 25.8 Å². The molecule has 1 aliphatic rings. The van der Waals surface area contributed by atoms with Gasteiger partial charge in [-0.25, -0.2) is 15.0 Å². The van der Waals surface area contributed by atoms with Crippen molar-refractivity contribution in [3.63, 3.8) is 0 Å². The van der Waals surface area contributed by atoms with Crippen LogP contribution in [0.15, 0.2) is 37.1 Å². The standard InChI is InChI=1S/C16H16N6O/c1-16(2)8-11-12(13-17-6-7-22(13)16)10(9-20-11)14(23)21-15-18-4-3-5-19-15/h3-7,9,20H,8H2,1-2H3,(H,18,19,21,23). The van der Waals surface area contributed by atoms with Crippen molar-refractivity contribution in [1.82, 2.24) is 24.5 Å². The first kappa shape index (κ1) is 13.7. The van der Waals surface area contributed by atoms with E-state index in [2.05, 4.69) is 43.7 Å². The number of H-pyrrole nitrogens is 1. The first-order chi connectivity index (χ1) is 11.1. The Bertz CT molecular complexity index is 877. The Morgan fingerprint density at radius 1 is 1.26 bits per heavy atom. The Balaban J connectivity index is 1.75. The van der Waals surface area contributed by atoms with E-state index in [1.807, 2.05) is 6.20 Å². The van der Waals surface area contributed by atoms with E-state index in [-0.39, 0.29) is 17.4 Å². The van der Waals surface area contributed by atoms with Gasteiger partial charge < -0.3 is 9.55 Å². The van der Waals surface area contributed by atoms with Gasteiger partial charge in [0, 0.05) is 48.6 Å². The summed E-state index contributed by atoms with van der Waals surface area (Å²) in [6, 6.07) is 1.70. The van der Waals surface area contributed by atoms with Gasteiger partial charge in [-0.3, -0.25) is 10.1 Å². The second-order valence-electron chi connectivity index (χ2n) is 6.19. The lowest BCUT2D eigenvalue weighted by atomic mass is 9.90. The maximum Gasteiger partial charge on any atom is 0.260 e. The summed E-state index contributed by atoms with van der Waals surface area (Å²) in [5, 5.41) is 2.72. The van der Waals surface area contributed by atoms with Gasteiger partial charge in [-0.2, -0.15) is 0 Å². The number of rotatable bonds is 2. The number of carbonyl (C=O) groups is 1. The fourth-order valence-corrected chi connectivity index (χ4v) is 3.07. The van der Waals surface area contributed by atoms with Crippen LogP contribution in [0.2, 0.25) is 0 Å². The first-order valence-electron chi connectivity index (χ1n) is 7.39. The van der Waals surface area contributed by atoms with Gasteiger partial charge in [-0.05, 0) is 19.9 Å². The molecule has 23 heavy (non-hydrogen) atoms.